The molecule has 1 aromatic carbocycles. The summed E-state index contributed by atoms with van der Waals surface area (Å²) in [6.07, 6.45) is 0.107. The van der Waals surface area contributed by atoms with E-state index in [0.717, 1.165) is 11.3 Å². The lowest BCUT2D eigenvalue weighted by atomic mass is 10.2. The quantitative estimate of drug-likeness (QED) is 0.831. The summed E-state index contributed by atoms with van der Waals surface area (Å²) in [6.45, 7) is 0.470. The highest BCUT2D eigenvalue weighted by Crippen LogP contribution is 2.31. The molecule has 0 aliphatic carbocycles. The number of carbonyl (C=O) groups is 1. The molecule has 2 heterocycles. The number of aliphatic hydroxyl groups is 1. The SMILES string of the molecule is CN1C(=O)Cc2cc(S(=O)(=O)N3CC[C@@H](O)C3)ccc21. The van der Waals surface area contributed by atoms with Gasteiger partial charge in [0.25, 0.3) is 0 Å². The summed E-state index contributed by atoms with van der Waals surface area (Å²) < 4.78 is 26.2. The van der Waals surface area contributed by atoms with Crippen molar-refractivity contribution in [3.63, 3.8) is 0 Å². The maximum atomic E-state index is 12.5. The van der Waals surface area contributed by atoms with Crippen molar-refractivity contribution in [2.75, 3.05) is 25.0 Å². The lowest BCUT2D eigenvalue weighted by Crippen LogP contribution is -2.29. The second-order valence-corrected chi connectivity index (χ2v) is 7.16. The number of nitrogens with zero attached hydrogens (tertiary/aromatic N) is 2. The molecule has 0 bridgehead atoms. The Balaban J connectivity index is 1.96. The van der Waals surface area contributed by atoms with E-state index in [-0.39, 0.29) is 23.8 Å². The smallest absolute Gasteiger partial charge is 0.243 e. The Kier molecular flexibility index (Phi) is 3.07. The summed E-state index contributed by atoms with van der Waals surface area (Å²) in [5.74, 6) is -0.0360. The third-order valence-electron chi connectivity index (χ3n) is 3.89. The molecule has 0 spiro atoms. The zero-order valence-corrected chi connectivity index (χ0v) is 11.9. The number of rotatable bonds is 2. The molecule has 0 unspecified atom stereocenters. The van der Waals surface area contributed by atoms with Crippen LogP contribution in [0.5, 0.6) is 0 Å². The molecule has 2 aliphatic rings. The van der Waals surface area contributed by atoms with Crippen LogP contribution >= 0.6 is 0 Å². The van der Waals surface area contributed by atoms with E-state index in [2.05, 4.69) is 0 Å². The number of amides is 1. The van der Waals surface area contributed by atoms with E-state index in [9.17, 15) is 18.3 Å². The highest BCUT2D eigenvalue weighted by molar-refractivity contribution is 7.89. The van der Waals surface area contributed by atoms with Crippen molar-refractivity contribution in [2.24, 2.45) is 0 Å². The average molecular weight is 296 g/mol. The van der Waals surface area contributed by atoms with Gasteiger partial charge in [0.05, 0.1) is 17.4 Å². The van der Waals surface area contributed by atoms with Gasteiger partial charge >= 0.3 is 0 Å². The fourth-order valence-electron chi connectivity index (χ4n) is 2.69. The van der Waals surface area contributed by atoms with Gasteiger partial charge in [0, 0.05) is 25.8 Å². The number of benzene rings is 1. The molecule has 2 aliphatic heterocycles. The van der Waals surface area contributed by atoms with E-state index in [1.54, 1.807) is 19.2 Å². The first kappa shape index (κ1) is 13.5. The molecular weight excluding hydrogens is 280 g/mol. The Morgan fingerprint density at radius 2 is 2.10 bits per heavy atom. The Morgan fingerprint density at radius 3 is 2.75 bits per heavy atom. The first-order chi connectivity index (χ1) is 9.39. The normalized spacial score (nSPS) is 23.4. The number of anilines is 1. The summed E-state index contributed by atoms with van der Waals surface area (Å²) in [4.78, 5) is 13.3. The first-order valence-corrected chi connectivity index (χ1v) is 7.91. The van der Waals surface area contributed by atoms with E-state index in [1.165, 1.54) is 15.3 Å². The third-order valence-corrected chi connectivity index (χ3v) is 5.75. The van der Waals surface area contributed by atoms with Gasteiger partial charge in [0.15, 0.2) is 0 Å². The molecule has 7 heteroatoms. The fourth-order valence-corrected chi connectivity index (χ4v) is 4.23. The number of β-amino-alcohol motifs (C(OH)–C–C–N with tert-alkyl or cyclic N) is 1. The molecule has 0 aromatic heterocycles. The summed E-state index contributed by atoms with van der Waals surface area (Å²) in [5, 5.41) is 9.48. The van der Waals surface area contributed by atoms with E-state index in [0.29, 0.717) is 13.0 Å². The summed E-state index contributed by atoms with van der Waals surface area (Å²) in [6, 6.07) is 4.75. The van der Waals surface area contributed by atoms with E-state index in [4.69, 9.17) is 0 Å². The van der Waals surface area contributed by atoms with Crippen molar-refractivity contribution >= 4 is 21.6 Å². The largest absolute Gasteiger partial charge is 0.392 e. The first-order valence-electron chi connectivity index (χ1n) is 6.47. The van der Waals surface area contributed by atoms with Gasteiger partial charge in [0.1, 0.15) is 0 Å². The van der Waals surface area contributed by atoms with Crippen molar-refractivity contribution in [3.8, 4) is 0 Å². The molecule has 3 rings (SSSR count). The minimum Gasteiger partial charge on any atom is -0.392 e. The standard InChI is InChI=1S/C13H16N2O4S/c1-14-12-3-2-11(6-9(12)7-13(14)17)20(18,19)15-5-4-10(16)8-15/h2-3,6,10,16H,4-5,7-8H2,1H3/t10-/m1/s1. The predicted octanol–water partition coefficient (Wildman–Crippen LogP) is -0.0392. The Morgan fingerprint density at radius 1 is 1.35 bits per heavy atom. The van der Waals surface area contributed by atoms with Crippen molar-refractivity contribution < 1.29 is 18.3 Å². The number of aliphatic hydroxyl groups excluding tert-OH is 1. The molecule has 108 valence electrons. The molecule has 20 heavy (non-hydrogen) atoms. The zero-order valence-electron chi connectivity index (χ0n) is 11.1. The van der Waals surface area contributed by atoms with Crippen LogP contribution < -0.4 is 4.90 Å². The molecule has 6 nitrogen and oxygen atoms in total. The lowest BCUT2D eigenvalue weighted by Gasteiger charge is -2.17. The molecule has 1 N–H and O–H groups in total. The second-order valence-electron chi connectivity index (χ2n) is 5.23. The fraction of sp³-hybridized carbons (Fsp3) is 0.462. The topological polar surface area (TPSA) is 77.9 Å². The van der Waals surface area contributed by atoms with Gasteiger partial charge in [-0.15, -0.1) is 0 Å². The number of likely N-dealkylation sites (N-methyl/N-ethyl adjacent to an activating group) is 1. The van der Waals surface area contributed by atoms with Crippen molar-refractivity contribution in [1.82, 2.24) is 4.31 Å². The van der Waals surface area contributed by atoms with E-state index >= 15 is 0 Å². The van der Waals surface area contributed by atoms with E-state index in [1.807, 2.05) is 0 Å². The minimum atomic E-state index is -3.58. The molecule has 1 aromatic rings. The average Bonchev–Trinajstić information content (AvgIpc) is 2.95. The highest BCUT2D eigenvalue weighted by atomic mass is 32.2. The van der Waals surface area contributed by atoms with Crippen LogP contribution in [0.3, 0.4) is 0 Å². The van der Waals surface area contributed by atoms with Crippen LogP contribution in [0.1, 0.15) is 12.0 Å². The van der Waals surface area contributed by atoms with Gasteiger partial charge in [-0.05, 0) is 30.2 Å². The number of sulfonamides is 1. The van der Waals surface area contributed by atoms with E-state index < -0.39 is 16.1 Å². The van der Waals surface area contributed by atoms with Crippen LogP contribution in [0.15, 0.2) is 23.1 Å². The molecule has 1 amide bonds. The number of hydrogen-bond acceptors (Lipinski definition) is 4. The zero-order chi connectivity index (χ0) is 14.5. The highest BCUT2D eigenvalue weighted by Gasteiger charge is 2.33. The molecule has 1 fully saturated rings. The second kappa shape index (κ2) is 4.54. The molecular formula is C13H16N2O4S. The number of fused-ring (bicyclic) bond motifs is 1. The van der Waals surface area contributed by atoms with Crippen LogP contribution in [0.2, 0.25) is 0 Å². The van der Waals surface area contributed by atoms with Gasteiger partial charge in [0.2, 0.25) is 15.9 Å². The van der Waals surface area contributed by atoms with Crippen molar-refractivity contribution in [3.05, 3.63) is 23.8 Å². The Labute approximate surface area is 117 Å². The van der Waals surface area contributed by atoms with Crippen molar-refractivity contribution in [2.45, 2.75) is 23.8 Å². The van der Waals surface area contributed by atoms with Crippen LogP contribution in [-0.2, 0) is 21.2 Å². The van der Waals surface area contributed by atoms with Gasteiger partial charge in [-0.1, -0.05) is 0 Å². The van der Waals surface area contributed by atoms with Crippen LogP contribution in [0.4, 0.5) is 5.69 Å². The maximum absolute atomic E-state index is 12.5. The van der Waals surface area contributed by atoms with Gasteiger partial charge in [-0.3, -0.25) is 4.79 Å². The molecule has 0 saturated carbocycles. The maximum Gasteiger partial charge on any atom is 0.243 e. The number of hydrogen-bond donors (Lipinski definition) is 1. The lowest BCUT2D eigenvalue weighted by molar-refractivity contribution is -0.117. The van der Waals surface area contributed by atoms with Gasteiger partial charge < -0.3 is 10.0 Å². The molecule has 1 atom stereocenters. The number of carbonyl (C=O) groups excluding carboxylic acids is 1. The van der Waals surface area contributed by atoms with Crippen LogP contribution in [-0.4, -0.2) is 50.0 Å². The molecule has 0 radical (unpaired) electrons. The van der Waals surface area contributed by atoms with Gasteiger partial charge in [-0.2, -0.15) is 4.31 Å². The monoisotopic (exact) mass is 296 g/mol. The Bertz CT molecular complexity index is 671. The summed E-state index contributed by atoms with van der Waals surface area (Å²) in [7, 11) is -1.90. The minimum absolute atomic E-state index is 0.0360. The Hall–Kier alpha value is -1.44. The van der Waals surface area contributed by atoms with Crippen LogP contribution in [0.25, 0.3) is 0 Å². The molecule has 1 saturated heterocycles. The third kappa shape index (κ3) is 2.02. The van der Waals surface area contributed by atoms with Crippen molar-refractivity contribution in [1.29, 1.82) is 0 Å². The summed E-state index contributed by atoms with van der Waals surface area (Å²) in [5.41, 5.74) is 1.49. The van der Waals surface area contributed by atoms with Crippen LogP contribution in [0, 0.1) is 0 Å². The van der Waals surface area contributed by atoms with Gasteiger partial charge in [-0.25, -0.2) is 8.42 Å². The summed E-state index contributed by atoms with van der Waals surface area (Å²) >= 11 is 0. The predicted molar refractivity (Wildman–Crippen MR) is 72.9 cm³/mol.